The minimum Gasteiger partial charge on any atom is -0.496 e. The van der Waals surface area contributed by atoms with Crippen LogP contribution >= 0.6 is 0 Å². The lowest BCUT2D eigenvalue weighted by atomic mass is 9.83. The van der Waals surface area contributed by atoms with Crippen LogP contribution in [-0.4, -0.2) is 20.8 Å². The summed E-state index contributed by atoms with van der Waals surface area (Å²) in [6.45, 7) is 6.47. The van der Waals surface area contributed by atoms with Crippen molar-refractivity contribution in [2.24, 2.45) is 5.90 Å². The highest BCUT2D eigenvalue weighted by Crippen LogP contribution is 2.39. The Hall–Kier alpha value is -1.26. The number of hydrogen-bond donors (Lipinski definition) is 1. The third-order valence-electron chi connectivity index (χ3n) is 2.77. The summed E-state index contributed by atoms with van der Waals surface area (Å²) in [5, 5.41) is 0. The molecule has 0 atom stereocenters. The van der Waals surface area contributed by atoms with Crippen LogP contribution in [0.15, 0.2) is 12.1 Å². The maximum absolute atomic E-state index is 5.42. The van der Waals surface area contributed by atoms with E-state index in [1.54, 1.807) is 14.2 Å². The summed E-state index contributed by atoms with van der Waals surface area (Å²) in [6, 6.07) is 3.96. The van der Waals surface area contributed by atoms with E-state index in [9.17, 15) is 0 Å². The molecule has 0 radical (unpaired) electrons. The van der Waals surface area contributed by atoms with E-state index in [0.29, 0.717) is 6.61 Å². The highest BCUT2D eigenvalue weighted by molar-refractivity contribution is 5.51. The van der Waals surface area contributed by atoms with Crippen molar-refractivity contribution in [3.63, 3.8) is 0 Å². The first kappa shape index (κ1) is 13.8. The predicted octanol–water partition coefficient (Wildman–Crippen LogP) is 2.18. The van der Waals surface area contributed by atoms with Crippen molar-refractivity contribution < 1.29 is 14.3 Å². The number of benzene rings is 1. The van der Waals surface area contributed by atoms with Crippen molar-refractivity contribution in [1.82, 2.24) is 0 Å². The number of ether oxygens (including phenoxy) is 2. The molecule has 0 fully saturated rings. The van der Waals surface area contributed by atoms with E-state index in [0.717, 1.165) is 22.6 Å². The highest BCUT2D eigenvalue weighted by Gasteiger charge is 2.29. The lowest BCUT2D eigenvalue weighted by Gasteiger charge is -2.28. The van der Waals surface area contributed by atoms with Crippen molar-refractivity contribution in [3.05, 3.63) is 23.3 Å². The summed E-state index contributed by atoms with van der Waals surface area (Å²) in [4.78, 5) is 4.78. The second-order valence-electron chi connectivity index (χ2n) is 4.74. The molecule has 0 aliphatic heterocycles. The quantitative estimate of drug-likeness (QED) is 0.800. The Morgan fingerprint density at radius 1 is 1.12 bits per heavy atom. The molecule has 1 aromatic rings. The van der Waals surface area contributed by atoms with E-state index in [1.165, 1.54) is 0 Å². The Balaban J connectivity index is 3.37. The number of methoxy groups -OCH3 is 2. The fourth-order valence-electron chi connectivity index (χ4n) is 1.99. The van der Waals surface area contributed by atoms with Crippen LogP contribution in [0.1, 0.15) is 25.0 Å². The van der Waals surface area contributed by atoms with Crippen molar-refractivity contribution in [3.8, 4) is 11.5 Å². The molecule has 0 spiro atoms. The predicted molar refractivity (Wildman–Crippen MR) is 67.4 cm³/mol. The first-order chi connectivity index (χ1) is 7.96. The van der Waals surface area contributed by atoms with Crippen LogP contribution in [0.25, 0.3) is 0 Å². The van der Waals surface area contributed by atoms with Gasteiger partial charge in [-0.05, 0) is 24.6 Å². The average Bonchev–Trinajstić information content (AvgIpc) is 2.27. The first-order valence-electron chi connectivity index (χ1n) is 5.51. The Morgan fingerprint density at radius 2 is 1.59 bits per heavy atom. The van der Waals surface area contributed by atoms with E-state index in [-0.39, 0.29) is 5.41 Å². The van der Waals surface area contributed by atoms with Crippen LogP contribution in [-0.2, 0) is 10.3 Å². The molecule has 0 amide bonds. The third-order valence-corrected chi connectivity index (χ3v) is 2.77. The zero-order chi connectivity index (χ0) is 13.1. The zero-order valence-corrected chi connectivity index (χ0v) is 11.2. The van der Waals surface area contributed by atoms with Crippen molar-refractivity contribution >= 4 is 0 Å². The second kappa shape index (κ2) is 5.38. The molecule has 1 rings (SSSR count). The minimum atomic E-state index is -0.279. The van der Waals surface area contributed by atoms with Crippen LogP contribution in [0.5, 0.6) is 11.5 Å². The summed E-state index contributed by atoms with van der Waals surface area (Å²) < 4.78 is 10.8. The first-order valence-corrected chi connectivity index (χ1v) is 5.51. The number of aryl methyl sites for hydroxylation is 1. The van der Waals surface area contributed by atoms with E-state index >= 15 is 0 Å². The topological polar surface area (TPSA) is 53.7 Å². The summed E-state index contributed by atoms with van der Waals surface area (Å²) >= 11 is 0. The Morgan fingerprint density at radius 3 is 1.94 bits per heavy atom. The molecule has 1 aromatic carbocycles. The van der Waals surface area contributed by atoms with Crippen LogP contribution in [0.3, 0.4) is 0 Å². The molecule has 0 aliphatic carbocycles. The van der Waals surface area contributed by atoms with Gasteiger partial charge < -0.3 is 14.3 Å². The second-order valence-corrected chi connectivity index (χ2v) is 4.74. The monoisotopic (exact) mass is 239 g/mol. The zero-order valence-electron chi connectivity index (χ0n) is 11.2. The minimum absolute atomic E-state index is 0.279. The molecular formula is C13H21NO3. The summed E-state index contributed by atoms with van der Waals surface area (Å²) in [5.41, 5.74) is 1.78. The van der Waals surface area contributed by atoms with E-state index < -0.39 is 0 Å². The Labute approximate surface area is 103 Å². The van der Waals surface area contributed by atoms with Crippen LogP contribution in [0.4, 0.5) is 0 Å². The van der Waals surface area contributed by atoms with Crippen LogP contribution < -0.4 is 15.4 Å². The summed E-state index contributed by atoms with van der Waals surface area (Å²) in [7, 11) is 3.30. The number of nitrogens with two attached hydrogens (primary N) is 1. The normalized spacial score (nSPS) is 11.4. The molecule has 0 heterocycles. The highest BCUT2D eigenvalue weighted by atomic mass is 16.6. The van der Waals surface area contributed by atoms with Gasteiger partial charge in [0.2, 0.25) is 0 Å². The van der Waals surface area contributed by atoms with Gasteiger partial charge >= 0.3 is 0 Å². The molecular weight excluding hydrogens is 218 g/mol. The molecule has 0 saturated heterocycles. The Kier molecular flexibility index (Phi) is 4.37. The maximum atomic E-state index is 5.42. The smallest absolute Gasteiger partial charge is 0.126 e. The summed E-state index contributed by atoms with van der Waals surface area (Å²) in [6.07, 6.45) is 0. The van der Waals surface area contributed by atoms with Crippen LogP contribution in [0.2, 0.25) is 0 Å². The van der Waals surface area contributed by atoms with Crippen molar-refractivity contribution in [2.45, 2.75) is 26.2 Å². The van der Waals surface area contributed by atoms with Gasteiger partial charge in [-0.15, -0.1) is 0 Å². The van der Waals surface area contributed by atoms with Crippen molar-refractivity contribution in [2.75, 3.05) is 20.8 Å². The van der Waals surface area contributed by atoms with Gasteiger partial charge in [0.1, 0.15) is 11.5 Å². The molecule has 0 unspecified atom stereocenters. The molecule has 0 bridgehead atoms. The molecule has 0 aliphatic rings. The van der Waals surface area contributed by atoms with E-state index in [1.807, 2.05) is 32.9 Å². The van der Waals surface area contributed by atoms with Gasteiger partial charge in [-0.3, -0.25) is 0 Å². The summed E-state index contributed by atoms with van der Waals surface area (Å²) in [5.74, 6) is 6.77. The molecule has 4 nitrogen and oxygen atoms in total. The molecule has 17 heavy (non-hydrogen) atoms. The van der Waals surface area contributed by atoms with Gasteiger partial charge in [-0.2, -0.15) is 0 Å². The standard InChI is InChI=1S/C13H21NO3/c1-9-6-10(15-4)12(11(7-9)16-5)13(2,3)8-17-14/h6-7H,8,14H2,1-5H3. The Bertz CT molecular complexity index is 363. The molecule has 4 heteroatoms. The third kappa shape index (κ3) is 2.90. The fraction of sp³-hybridized carbons (Fsp3) is 0.538. The van der Waals surface area contributed by atoms with Gasteiger partial charge in [0.15, 0.2) is 0 Å². The van der Waals surface area contributed by atoms with Gasteiger partial charge in [-0.1, -0.05) is 13.8 Å². The maximum Gasteiger partial charge on any atom is 0.126 e. The van der Waals surface area contributed by atoms with Gasteiger partial charge in [0.25, 0.3) is 0 Å². The largest absolute Gasteiger partial charge is 0.496 e. The van der Waals surface area contributed by atoms with Gasteiger partial charge in [0, 0.05) is 11.0 Å². The molecule has 96 valence electrons. The van der Waals surface area contributed by atoms with E-state index in [4.69, 9.17) is 20.2 Å². The SMILES string of the molecule is COc1cc(C)cc(OC)c1C(C)(C)CON. The number of rotatable bonds is 5. The van der Waals surface area contributed by atoms with Gasteiger partial charge in [0.05, 0.1) is 20.8 Å². The van der Waals surface area contributed by atoms with Gasteiger partial charge in [-0.25, -0.2) is 5.90 Å². The van der Waals surface area contributed by atoms with Crippen molar-refractivity contribution in [1.29, 1.82) is 0 Å². The lowest BCUT2D eigenvalue weighted by molar-refractivity contribution is 0.0943. The lowest BCUT2D eigenvalue weighted by Crippen LogP contribution is -2.27. The fourth-order valence-corrected chi connectivity index (χ4v) is 1.99. The number of hydrogen-bond acceptors (Lipinski definition) is 4. The van der Waals surface area contributed by atoms with E-state index in [2.05, 4.69) is 0 Å². The molecule has 0 aromatic heterocycles. The average molecular weight is 239 g/mol. The molecule has 0 saturated carbocycles. The van der Waals surface area contributed by atoms with Crippen LogP contribution in [0, 0.1) is 6.92 Å². The molecule has 2 N–H and O–H groups in total.